The Morgan fingerprint density at radius 3 is 2.32 bits per heavy atom. The molecule has 0 saturated heterocycles. The van der Waals surface area contributed by atoms with Crippen molar-refractivity contribution in [3.05, 3.63) is 59.7 Å². The smallest absolute Gasteiger partial charge is 0.236 e. The van der Waals surface area contributed by atoms with Crippen molar-refractivity contribution in [3.63, 3.8) is 0 Å². The maximum Gasteiger partial charge on any atom is 0.236 e. The first-order chi connectivity index (χ1) is 10.3. The highest BCUT2D eigenvalue weighted by Gasteiger charge is 2.12. The summed E-state index contributed by atoms with van der Waals surface area (Å²) in [4.78, 5) is 11.0. The first kappa shape index (κ1) is 16.0. The van der Waals surface area contributed by atoms with Crippen molar-refractivity contribution in [1.29, 1.82) is 0 Å². The second-order valence-electron chi connectivity index (χ2n) is 5.11. The Labute approximate surface area is 130 Å². The molecular formula is C16H18N2O3S. The van der Waals surface area contributed by atoms with Crippen molar-refractivity contribution in [2.45, 2.75) is 19.6 Å². The molecule has 0 aliphatic carbocycles. The van der Waals surface area contributed by atoms with Crippen molar-refractivity contribution in [2.75, 3.05) is 10.0 Å². The molecule has 0 saturated carbocycles. The number of benzene rings is 2. The topological polar surface area (TPSA) is 75.3 Å². The fraction of sp³-hybridized carbons (Fsp3) is 0.188. The van der Waals surface area contributed by atoms with Gasteiger partial charge in [-0.2, -0.15) is 0 Å². The van der Waals surface area contributed by atoms with Crippen LogP contribution in [0.25, 0.3) is 0 Å². The van der Waals surface area contributed by atoms with E-state index in [1.54, 1.807) is 36.4 Å². The highest BCUT2D eigenvalue weighted by Crippen LogP contribution is 2.18. The Bertz CT molecular complexity index is 768. The van der Waals surface area contributed by atoms with Gasteiger partial charge in [-0.25, -0.2) is 8.42 Å². The zero-order valence-electron chi connectivity index (χ0n) is 12.5. The predicted octanol–water partition coefficient (Wildman–Crippen LogP) is 2.90. The lowest BCUT2D eigenvalue weighted by atomic mass is 10.2. The van der Waals surface area contributed by atoms with Crippen LogP contribution < -0.4 is 10.0 Å². The minimum Gasteiger partial charge on any atom is -0.326 e. The third-order valence-electron chi connectivity index (χ3n) is 2.93. The molecule has 0 bridgehead atoms. The lowest BCUT2D eigenvalue weighted by Crippen LogP contribution is -2.15. The normalized spacial score (nSPS) is 11.0. The molecule has 0 aromatic heterocycles. The standard InChI is InChI=1S/C16H18N2O3S/c1-12-6-8-14(9-7-12)11-22(20,21)18-16-5-3-4-15(10-16)17-13(2)19/h3-10,18H,11H2,1-2H3,(H,17,19). The summed E-state index contributed by atoms with van der Waals surface area (Å²) in [5.41, 5.74) is 2.76. The zero-order chi connectivity index (χ0) is 16.2. The summed E-state index contributed by atoms with van der Waals surface area (Å²) in [6, 6.07) is 13.9. The van der Waals surface area contributed by atoms with Crippen molar-refractivity contribution >= 4 is 27.3 Å². The third-order valence-corrected chi connectivity index (χ3v) is 4.19. The Morgan fingerprint density at radius 1 is 1.05 bits per heavy atom. The average molecular weight is 318 g/mol. The number of rotatable bonds is 5. The molecule has 1 amide bonds. The van der Waals surface area contributed by atoms with Crippen LogP contribution in [0, 0.1) is 6.92 Å². The van der Waals surface area contributed by atoms with Crippen LogP contribution in [0.4, 0.5) is 11.4 Å². The second-order valence-corrected chi connectivity index (χ2v) is 6.83. The van der Waals surface area contributed by atoms with Gasteiger partial charge in [0, 0.05) is 12.6 Å². The lowest BCUT2D eigenvalue weighted by molar-refractivity contribution is -0.114. The Hall–Kier alpha value is -2.34. The van der Waals surface area contributed by atoms with Crippen molar-refractivity contribution in [3.8, 4) is 0 Å². The number of aryl methyl sites for hydroxylation is 1. The van der Waals surface area contributed by atoms with Crippen LogP contribution >= 0.6 is 0 Å². The summed E-state index contributed by atoms with van der Waals surface area (Å²) in [5, 5.41) is 2.61. The molecule has 6 heteroatoms. The zero-order valence-corrected chi connectivity index (χ0v) is 13.3. The van der Waals surface area contributed by atoms with E-state index in [9.17, 15) is 13.2 Å². The van der Waals surface area contributed by atoms with Crippen molar-refractivity contribution in [2.24, 2.45) is 0 Å². The van der Waals surface area contributed by atoms with Gasteiger partial charge in [-0.3, -0.25) is 9.52 Å². The molecule has 2 aromatic rings. The van der Waals surface area contributed by atoms with Crippen LogP contribution in [-0.4, -0.2) is 14.3 Å². The highest BCUT2D eigenvalue weighted by atomic mass is 32.2. The van der Waals surface area contributed by atoms with Gasteiger partial charge >= 0.3 is 0 Å². The number of anilines is 2. The van der Waals surface area contributed by atoms with Crippen molar-refractivity contribution in [1.82, 2.24) is 0 Å². The molecule has 0 heterocycles. The summed E-state index contributed by atoms with van der Waals surface area (Å²) in [6.45, 7) is 3.35. The van der Waals surface area contributed by atoms with Gasteiger partial charge in [0.05, 0.1) is 11.4 Å². The fourth-order valence-corrected chi connectivity index (χ4v) is 3.17. The van der Waals surface area contributed by atoms with E-state index >= 15 is 0 Å². The first-order valence-electron chi connectivity index (χ1n) is 6.78. The minimum atomic E-state index is -3.51. The molecule has 2 N–H and O–H groups in total. The van der Waals surface area contributed by atoms with Gasteiger partial charge in [0.2, 0.25) is 15.9 Å². The SMILES string of the molecule is CC(=O)Nc1cccc(NS(=O)(=O)Cc2ccc(C)cc2)c1. The van der Waals surface area contributed by atoms with Crippen LogP contribution in [0.1, 0.15) is 18.1 Å². The van der Waals surface area contributed by atoms with Crippen LogP contribution in [0.3, 0.4) is 0 Å². The molecule has 22 heavy (non-hydrogen) atoms. The van der Waals surface area contributed by atoms with E-state index in [-0.39, 0.29) is 11.7 Å². The van der Waals surface area contributed by atoms with Crippen molar-refractivity contribution < 1.29 is 13.2 Å². The molecular weight excluding hydrogens is 300 g/mol. The van der Waals surface area contributed by atoms with E-state index in [0.29, 0.717) is 11.4 Å². The number of sulfonamides is 1. The molecule has 116 valence electrons. The van der Waals surface area contributed by atoms with Crippen LogP contribution in [0.15, 0.2) is 48.5 Å². The maximum absolute atomic E-state index is 12.2. The molecule has 0 spiro atoms. The van der Waals surface area contributed by atoms with Gasteiger partial charge in [-0.05, 0) is 30.7 Å². The van der Waals surface area contributed by atoms with Gasteiger partial charge in [-0.1, -0.05) is 35.9 Å². The second kappa shape index (κ2) is 6.62. The monoisotopic (exact) mass is 318 g/mol. The average Bonchev–Trinajstić information content (AvgIpc) is 2.40. The number of nitrogens with one attached hydrogen (secondary N) is 2. The summed E-state index contributed by atoms with van der Waals surface area (Å²) >= 11 is 0. The molecule has 0 radical (unpaired) electrons. The molecule has 0 unspecified atom stereocenters. The lowest BCUT2D eigenvalue weighted by Gasteiger charge is -2.10. The van der Waals surface area contributed by atoms with E-state index in [2.05, 4.69) is 10.0 Å². The van der Waals surface area contributed by atoms with Gasteiger partial charge in [0.15, 0.2) is 0 Å². The number of hydrogen-bond acceptors (Lipinski definition) is 3. The predicted molar refractivity (Wildman–Crippen MR) is 88.2 cm³/mol. The van der Waals surface area contributed by atoms with Crippen LogP contribution in [-0.2, 0) is 20.6 Å². The van der Waals surface area contributed by atoms with Crippen LogP contribution in [0.5, 0.6) is 0 Å². The summed E-state index contributed by atoms with van der Waals surface area (Å²) in [6.07, 6.45) is 0. The van der Waals surface area contributed by atoms with Gasteiger partial charge < -0.3 is 5.32 Å². The summed E-state index contributed by atoms with van der Waals surface area (Å²) < 4.78 is 26.9. The molecule has 0 fully saturated rings. The molecule has 0 atom stereocenters. The number of carbonyl (C=O) groups is 1. The largest absolute Gasteiger partial charge is 0.326 e. The summed E-state index contributed by atoms with van der Waals surface area (Å²) in [7, 11) is -3.51. The molecule has 0 aliphatic heterocycles. The Morgan fingerprint density at radius 2 is 1.68 bits per heavy atom. The highest BCUT2D eigenvalue weighted by molar-refractivity contribution is 7.91. The van der Waals surface area contributed by atoms with Gasteiger partial charge in [-0.15, -0.1) is 0 Å². The first-order valence-corrected chi connectivity index (χ1v) is 8.43. The fourth-order valence-electron chi connectivity index (χ4n) is 1.98. The Kier molecular flexibility index (Phi) is 4.82. The van der Waals surface area contributed by atoms with Gasteiger partial charge in [0.25, 0.3) is 0 Å². The molecule has 5 nitrogen and oxygen atoms in total. The van der Waals surface area contributed by atoms with Crippen LogP contribution in [0.2, 0.25) is 0 Å². The van der Waals surface area contributed by atoms with E-state index in [4.69, 9.17) is 0 Å². The summed E-state index contributed by atoms with van der Waals surface area (Å²) in [5.74, 6) is -0.308. The van der Waals surface area contributed by atoms with E-state index < -0.39 is 10.0 Å². The third kappa shape index (κ3) is 4.89. The molecule has 0 aliphatic rings. The quantitative estimate of drug-likeness (QED) is 0.890. The van der Waals surface area contributed by atoms with E-state index in [1.165, 1.54) is 6.92 Å². The molecule has 2 aromatic carbocycles. The maximum atomic E-state index is 12.2. The number of hydrogen-bond donors (Lipinski definition) is 2. The number of amides is 1. The molecule has 2 rings (SSSR count). The minimum absolute atomic E-state index is 0.0996. The van der Waals surface area contributed by atoms with E-state index in [0.717, 1.165) is 11.1 Å². The Balaban J connectivity index is 2.11. The number of carbonyl (C=O) groups excluding carboxylic acids is 1. The van der Waals surface area contributed by atoms with Gasteiger partial charge in [0.1, 0.15) is 0 Å². The van der Waals surface area contributed by atoms with E-state index in [1.807, 2.05) is 19.1 Å².